The number of phenolic OH excluding ortho intramolecular Hbond substituents is 1. The number of nitrogens with two attached hydrogens (primary N) is 1. The van der Waals surface area contributed by atoms with E-state index < -0.39 is 145 Å². The second-order valence-electron chi connectivity index (χ2n) is 19.1. The molecule has 0 aliphatic carbocycles. The van der Waals surface area contributed by atoms with Crippen molar-refractivity contribution in [1.29, 1.82) is 0 Å². The Balaban J connectivity index is 1.16. The van der Waals surface area contributed by atoms with Crippen LogP contribution in [0.5, 0.6) is 5.75 Å². The number of nitrogens with zero attached hydrogens (tertiary/aromatic N) is 3. The van der Waals surface area contributed by atoms with E-state index in [-0.39, 0.29) is 57.5 Å². The Morgan fingerprint density at radius 2 is 1.08 bits per heavy atom. The summed E-state index contributed by atoms with van der Waals surface area (Å²) in [6.45, 7) is 3.69. The van der Waals surface area contributed by atoms with Gasteiger partial charge in [-0.15, -0.1) is 0 Å². The van der Waals surface area contributed by atoms with E-state index in [9.17, 15) is 73.2 Å². The van der Waals surface area contributed by atoms with E-state index in [1.54, 1.807) is 30.3 Å². The summed E-state index contributed by atoms with van der Waals surface area (Å²) in [5, 5.41) is 54.1. The third-order valence-corrected chi connectivity index (χ3v) is 13.4. The van der Waals surface area contributed by atoms with Gasteiger partial charge in [0.05, 0.1) is 12.6 Å². The molecule has 2 aromatic rings. The fourth-order valence-electron chi connectivity index (χ4n) is 9.26. The number of hydrogen-bond donors (Lipinski definition) is 11. The number of carbonyl (C=O) groups is 11. The molecule has 3 fully saturated rings. The number of rotatable bonds is 24. The number of carboxylic acids is 2. The standard InChI is InChI=1S/C50H68N10O15/c1-27(53-43(67)34(24-31-15-17-32(62)18-16-31)56-45(69)38-14-9-23-60(38)49(73)41(51)29(3)61)42(66)52-26-39(63)55-33(19-20-40(64)65)48(72)59-22-8-12-36(59)44(68)54-28(2)47(71)58-21-7-13-37(58)46(70)57-35(50(74)75)25-30-10-5-4-6-11-30/h4-6,10-11,15-18,27-29,33-38,41,61-62H,7-9,12-14,19-26,51H2,1-3H3,(H,52,66)(H,53,67)(H,54,68)(H,55,63)(H,56,69)(H,57,70)(H,64,65)(H,74,75)/t27-,28-,29+,33-,34-,35-,36-,37-,38-,41-/m0/s1. The highest BCUT2D eigenvalue weighted by Gasteiger charge is 2.42. The zero-order valence-corrected chi connectivity index (χ0v) is 42.1. The van der Waals surface area contributed by atoms with Gasteiger partial charge in [0.2, 0.25) is 53.2 Å². The number of amides is 9. The van der Waals surface area contributed by atoms with E-state index >= 15 is 0 Å². The molecule has 2 aromatic carbocycles. The first-order valence-electron chi connectivity index (χ1n) is 25.0. The molecule has 3 heterocycles. The van der Waals surface area contributed by atoms with Crippen molar-refractivity contribution in [3.8, 4) is 5.75 Å². The summed E-state index contributed by atoms with van der Waals surface area (Å²) < 4.78 is 0. The predicted molar refractivity (Wildman–Crippen MR) is 264 cm³/mol. The van der Waals surface area contributed by atoms with Crippen molar-refractivity contribution in [2.24, 2.45) is 5.73 Å². The Labute approximate surface area is 432 Å². The molecule has 0 unspecified atom stereocenters. The van der Waals surface area contributed by atoms with Gasteiger partial charge in [0.1, 0.15) is 60.1 Å². The number of aliphatic hydroxyl groups excluding tert-OH is 1. The maximum atomic E-state index is 14.0. The molecule has 12 N–H and O–H groups in total. The highest BCUT2D eigenvalue weighted by Crippen LogP contribution is 2.23. The fourth-order valence-corrected chi connectivity index (χ4v) is 9.26. The summed E-state index contributed by atoms with van der Waals surface area (Å²) in [7, 11) is 0. The second-order valence-corrected chi connectivity index (χ2v) is 19.1. The van der Waals surface area contributed by atoms with Crippen LogP contribution in [0.25, 0.3) is 0 Å². The normalized spacial score (nSPS) is 20.0. The van der Waals surface area contributed by atoms with Gasteiger partial charge < -0.3 is 72.8 Å². The van der Waals surface area contributed by atoms with E-state index in [1.807, 2.05) is 0 Å². The van der Waals surface area contributed by atoms with Crippen LogP contribution in [0.3, 0.4) is 0 Å². The summed E-state index contributed by atoms with van der Waals surface area (Å²) in [6, 6.07) is 3.49. The lowest BCUT2D eigenvalue weighted by Crippen LogP contribution is -2.58. The Morgan fingerprint density at radius 3 is 1.61 bits per heavy atom. The maximum absolute atomic E-state index is 14.0. The average molecular weight is 1050 g/mol. The van der Waals surface area contributed by atoms with E-state index in [1.165, 1.54) is 59.7 Å². The van der Waals surface area contributed by atoms with E-state index in [0.717, 1.165) is 0 Å². The number of aliphatic hydroxyl groups is 1. The number of aromatic hydroxyl groups is 1. The monoisotopic (exact) mass is 1050 g/mol. The molecule has 0 bridgehead atoms. The molecule has 75 heavy (non-hydrogen) atoms. The highest BCUT2D eigenvalue weighted by molar-refractivity contribution is 5.98. The topological polar surface area (TPSA) is 377 Å². The van der Waals surface area contributed by atoms with Crippen molar-refractivity contribution in [2.45, 2.75) is 145 Å². The largest absolute Gasteiger partial charge is 0.508 e. The van der Waals surface area contributed by atoms with Crippen LogP contribution in [-0.2, 0) is 65.6 Å². The van der Waals surface area contributed by atoms with Gasteiger partial charge in [0.15, 0.2) is 0 Å². The molecule has 10 atom stereocenters. The number of likely N-dealkylation sites (tertiary alicyclic amines) is 3. The molecule has 0 saturated carbocycles. The molecule has 0 spiro atoms. The number of benzene rings is 2. The molecule has 0 radical (unpaired) electrons. The van der Waals surface area contributed by atoms with Crippen LogP contribution >= 0.6 is 0 Å². The number of hydrogen-bond acceptors (Lipinski definition) is 14. The van der Waals surface area contributed by atoms with Crippen LogP contribution in [0.2, 0.25) is 0 Å². The first-order chi connectivity index (χ1) is 35.6. The third-order valence-electron chi connectivity index (χ3n) is 13.4. The van der Waals surface area contributed by atoms with Gasteiger partial charge in [-0.05, 0) is 89.0 Å². The van der Waals surface area contributed by atoms with Gasteiger partial charge in [-0.3, -0.25) is 47.9 Å². The minimum atomic E-state index is -1.48. The van der Waals surface area contributed by atoms with E-state index in [0.29, 0.717) is 30.4 Å². The molecule has 9 amide bonds. The molecule has 5 rings (SSSR count). The first-order valence-corrected chi connectivity index (χ1v) is 25.0. The molecule has 408 valence electrons. The highest BCUT2D eigenvalue weighted by atomic mass is 16.4. The summed E-state index contributed by atoms with van der Waals surface area (Å²) in [5.74, 6) is -9.35. The number of carboxylic acid groups (broad SMARTS) is 2. The van der Waals surface area contributed by atoms with Gasteiger partial charge in [-0.25, -0.2) is 4.79 Å². The number of phenols is 1. The quantitative estimate of drug-likeness (QED) is 0.0513. The molecule has 3 aliphatic rings. The van der Waals surface area contributed by atoms with Crippen LogP contribution in [-0.4, -0.2) is 187 Å². The van der Waals surface area contributed by atoms with Gasteiger partial charge in [0, 0.05) is 38.9 Å². The third kappa shape index (κ3) is 16.2. The Hall–Kier alpha value is -7.67. The van der Waals surface area contributed by atoms with Crippen molar-refractivity contribution < 1.29 is 73.2 Å². The van der Waals surface area contributed by atoms with Crippen molar-refractivity contribution in [1.82, 2.24) is 46.6 Å². The van der Waals surface area contributed by atoms with E-state index in [4.69, 9.17) is 5.73 Å². The van der Waals surface area contributed by atoms with Gasteiger partial charge in [0.25, 0.3) is 0 Å². The van der Waals surface area contributed by atoms with Crippen molar-refractivity contribution in [2.75, 3.05) is 26.2 Å². The molecular weight excluding hydrogens is 981 g/mol. The summed E-state index contributed by atoms with van der Waals surface area (Å²) >= 11 is 0. The van der Waals surface area contributed by atoms with Gasteiger partial charge in [-0.2, -0.15) is 0 Å². The molecular formula is C50H68N10O15. The first kappa shape index (κ1) is 58.2. The van der Waals surface area contributed by atoms with Crippen molar-refractivity contribution in [3.05, 3.63) is 65.7 Å². The molecule has 3 saturated heterocycles. The van der Waals surface area contributed by atoms with Crippen LogP contribution in [0, 0.1) is 0 Å². The van der Waals surface area contributed by atoms with Crippen LogP contribution < -0.4 is 37.6 Å². The number of aliphatic carboxylic acids is 2. The molecule has 0 aromatic heterocycles. The lowest BCUT2D eigenvalue weighted by Gasteiger charge is -2.31. The summed E-state index contributed by atoms with van der Waals surface area (Å²) in [4.78, 5) is 149. The maximum Gasteiger partial charge on any atom is 0.326 e. The molecule has 25 nitrogen and oxygen atoms in total. The lowest BCUT2D eigenvalue weighted by atomic mass is 10.0. The zero-order valence-electron chi connectivity index (χ0n) is 42.1. The fraction of sp³-hybridized carbons (Fsp3) is 0.540. The predicted octanol–water partition coefficient (Wildman–Crippen LogP) is -2.61. The van der Waals surface area contributed by atoms with Crippen LogP contribution in [0.15, 0.2) is 54.6 Å². The summed E-state index contributed by atoms with van der Waals surface area (Å²) in [5.41, 5.74) is 7.06. The minimum absolute atomic E-state index is 0.0116. The zero-order chi connectivity index (χ0) is 55.1. The SMILES string of the molecule is C[C@H](NC(=O)[C@H](Cc1ccc(O)cc1)NC(=O)[C@@H]1CCCN1C(=O)[C@@H](N)[C@@H](C)O)C(=O)NCC(=O)N[C@@H](CCC(=O)O)C(=O)N1CCC[C@H]1C(=O)N[C@@H](C)C(=O)N1CCC[C@H]1C(=O)N[C@@H](Cc1ccccc1)C(=O)O. The molecule has 25 heteroatoms. The number of nitrogens with one attached hydrogen (secondary N) is 6. The van der Waals surface area contributed by atoms with Crippen LogP contribution in [0.4, 0.5) is 0 Å². The van der Waals surface area contributed by atoms with Crippen molar-refractivity contribution >= 4 is 65.1 Å². The van der Waals surface area contributed by atoms with E-state index in [2.05, 4.69) is 31.9 Å². The van der Waals surface area contributed by atoms with Crippen molar-refractivity contribution in [3.63, 3.8) is 0 Å². The Bertz CT molecular complexity index is 2420. The smallest absolute Gasteiger partial charge is 0.326 e. The van der Waals surface area contributed by atoms with Crippen LogP contribution in [0.1, 0.15) is 83.3 Å². The Morgan fingerprint density at radius 1 is 0.587 bits per heavy atom. The average Bonchev–Trinajstić information content (AvgIpc) is 4.19. The second kappa shape index (κ2) is 27.0. The van der Waals surface area contributed by atoms with Gasteiger partial charge >= 0.3 is 11.9 Å². The summed E-state index contributed by atoms with van der Waals surface area (Å²) in [6.07, 6.45) is -0.383. The Kier molecular flexibility index (Phi) is 21.0. The number of carbonyl (C=O) groups excluding carboxylic acids is 9. The van der Waals surface area contributed by atoms with Gasteiger partial charge in [-0.1, -0.05) is 42.5 Å². The molecule has 3 aliphatic heterocycles. The lowest BCUT2D eigenvalue weighted by molar-refractivity contribution is -0.145. The minimum Gasteiger partial charge on any atom is -0.508 e.